The molecule has 0 saturated carbocycles. The van der Waals surface area contributed by atoms with E-state index >= 15 is 0 Å². The molecule has 0 rings (SSSR count). The fraction of sp³-hybridized carbons (Fsp3) is 0.143. The van der Waals surface area contributed by atoms with Crippen LogP contribution in [0.1, 0.15) is 6.42 Å². The third-order valence-electron chi connectivity index (χ3n) is 0.613. The van der Waals surface area contributed by atoms with Crippen molar-refractivity contribution in [3.63, 3.8) is 0 Å². The van der Waals surface area contributed by atoms with Crippen molar-refractivity contribution in [2.24, 2.45) is 0 Å². The summed E-state index contributed by atoms with van der Waals surface area (Å²) in [5, 5.41) is 0. The number of hydrogen-bond donors (Lipinski definition) is 1. The van der Waals surface area contributed by atoms with Gasteiger partial charge in [0.05, 0.1) is 0 Å². The molecule has 1 heteroatoms. The monoisotopic (exact) mass is 126 g/mol. The lowest BCUT2D eigenvalue weighted by Crippen LogP contribution is -1.56. The van der Waals surface area contributed by atoms with Crippen molar-refractivity contribution in [2.45, 2.75) is 6.42 Å². The van der Waals surface area contributed by atoms with Crippen LogP contribution in [-0.2, 0) is 0 Å². The lowest BCUT2D eigenvalue weighted by Gasteiger charge is -1.80. The summed E-state index contributed by atoms with van der Waals surface area (Å²) in [7, 11) is 0. The Morgan fingerprint density at radius 3 is 2.62 bits per heavy atom. The van der Waals surface area contributed by atoms with Crippen LogP contribution in [0.15, 0.2) is 36.3 Å². The number of rotatable bonds is 3. The smallest absolute Gasteiger partial charge is 0.00351 e. The van der Waals surface area contributed by atoms with Crippen LogP contribution in [0.3, 0.4) is 0 Å². The summed E-state index contributed by atoms with van der Waals surface area (Å²) in [6.45, 7) is 7.12. The van der Waals surface area contributed by atoms with E-state index in [1.54, 1.807) is 0 Å². The quantitative estimate of drug-likeness (QED) is 0.335. The average Bonchev–Trinajstić information content (AvgIpc) is 1.66. The Morgan fingerprint density at radius 1 is 1.62 bits per heavy atom. The van der Waals surface area contributed by atoms with E-state index in [9.17, 15) is 0 Å². The minimum Gasteiger partial charge on any atom is -0.144 e. The third-order valence-corrected chi connectivity index (χ3v) is 0.762. The molecule has 0 nitrogen and oxygen atoms in total. The van der Waals surface area contributed by atoms with Crippen molar-refractivity contribution in [2.75, 3.05) is 0 Å². The Morgan fingerprint density at radius 2 is 2.25 bits per heavy atom. The van der Waals surface area contributed by atoms with Gasteiger partial charge in [0.2, 0.25) is 0 Å². The summed E-state index contributed by atoms with van der Waals surface area (Å²) in [6.07, 6.45) is 6.53. The largest absolute Gasteiger partial charge is 0.144 e. The lowest BCUT2D eigenvalue weighted by molar-refractivity contribution is 1.41. The minimum absolute atomic E-state index is 0.784. The van der Waals surface area contributed by atoms with Gasteiger partial charge in [-0.05, 0) is 11.3 Å². The van der Waals surface area contributed by atoms with Crippen LogP contribution in [0.4, 0.5) is 0 Å². The number of allylic oxidation sites excluding steroid dienone is 3. The van der Waals surface area contributed by atoms with E-state index in [1.807, 2.05) is 18.2 Å². The van der Waals surface area contributed by atoms with Gasteiger partial charge in [0.15, 0.2) is 0 Å². The van der Waals surface area contributed by atoms with Crippen molar-refractivity contribution in [1.29, 1.82) is 0 Å². The zero-order valence-corrected chi connectivity index (χ0v) is 5.70. The highest BCUT2D eigenvalue weighted by Gasteiger charge is 1.70. The SMILES string of the molecule is C=CCC=CC(=C)S. The molecule has 0 aliphatic heterocycles. The van der Waals surface area contributed by atoms with Gasteiger partial charge in [-0.15, -0.1) is 19.2 Å². The average molecular weight is 126 g/mol. The molecule has 44 valence electrons. The summed E-state index contributed by atoms with van der Waals surface area (Å²) in [5.74, 6) is 0. The molecule has 0 saturated heterocycles. The molecule has 0 unspecified atom stereocenters. The van der Waals surface area contributed by atoms with Crippen LogP contribution in [0, 0.1) is 0 Å². The first kappa shape index (κ1) is 7.57. The second kappa shape index (κ2) is 4.72. The Bertz CT molecular complexity index is 112. The first-order valence-electron chi connectivity index (χ1n) is 2.42. The van der Waals surface area contributed by atoms with Crippen molar-refractivity contribution in [1.82, 2.24) is 0 Å². The summed E-state index contributed by atoms with van der Waals surface area (Å²) in [4.78, 5) is 0.784. The van der Waals surface area contributed by atoms with Crippen molar-refractivity contribution in [3.05, 3.63) is 36.3 Å². The molecule has 0 aromatic heterocycles. The van der Waals surface area contributed by atoms with Gasteiger partial charge in [0, 0.05) is 0 Å². The van der Waals surface area contributed by atoms with E-state index in [1.165, 1.54) is 0 Å². The first-order valence-corrected chi connectivity index (χ1v) is 2.87. The maximum Gasteiger partial charge on any atom is -0.00351 e. The van der Waals surface area contributed by atoms with E-state index < -0.39 is 0 Å². The van der Waals surface area contributed by atoms with Crippen LogP contribution in [-0.4, -0.2) is 0 Å². The number of hydrogen-bond acceptors (Lipinski definition) is 1. The predicted octanol–water partition coefficient (Wildman–Crippen LogP) is 2.56. The van der Waals surface area contributed by atoms with Crippen LogP contribution >= 0.6 is 12.6 Å². The molecule has 0 aromatic rings. The van der Waals surface area contributed by atoms with Gasteiger partial charge in [0.25, 0.3) is 0 Å². The molecular weight excluding hydrogens is 116 g/mol. The molecule has 0 aromatic carbocycles. The second-order valence-electron chi connectivity index (χ2n) is 1.42. The molecule has 0 spiro atoms. The molecule has 0 fully saturated rings. The Labute approximate surface area is 56.0 Å². The van der Waals surface area contributed by atoms with Crippen LogP contribution in [0.5, 0.6) is 0 Å². The van der Waals surface area contributed by atoms with Gasteiger partial charge >= 0.3 is 0 Å². The zero-order valence-electron chi connectivity index (χ0n) is 4.80. The molecule has 0 atom stereocenters. The molecule has 8 heavy (non-hydrogen) atoms. The summed E-state index contributed by atoms with van der Waals surface area (Å²) < 4.78 is 0. The maximum absolute atomic E-state index is 3.96. The fourth-order valence-corrected chi connectivity index (χ4v) is 0.406. The van der Waals surface area contributed by atoms with Gasteiger partial charge in [-0.3, -0.25) is 0 Å². The number of thiol groups is 1. The maximum atomic E-state index is 3.96. The van der Waals surface area contributed by atoms with Crippen molar-refractivity contribution < 1.29 is 0 Å². The van der Waals surface area contributed by atoms with E-state index in [0.717, 1.165) is 11.3 Å². The van der Waals surface area contributed by atoms with Crippen LogP contribution < -0.4 is 0 Å². The first-order chi connectivity index (χ1) is 3.77. The van der Waals surface area contributed by atoms with Crippen LogP contribution in [0.2, 0.25) is 0 Å². The fourth-order valence-electron chi connectivity index (χ4n) is 0.300. The van der Waals surface area contributed by atoms with Gasteiger partial charge in [-0.2, -0.15) is 0 Å². The van der Waals surface area contributed by atoms with Gasteiger partial charge < -0.3 is 0 Å². The van der Waals surface area contributed by atoms with E-state index in [0.29, 0.717) is 0 Å². The van der Waals surface area contributed by atoms with E-state index in [4.69, 9.17) is 0 Å². The highest BCUT2D eigenvalue weighted by Crippen LogP contribution is 1.97. The van der Waals surface area contributed by atoms with Gasteiger partial charge in [-0.1, -0.05) is 24.8 Å². The predicted molar refractivity (Wildman–Crippen MR) is 42.1 cm³/mol. The van der Waals surface area contributed by atoms with Crippen molar-refractivity contribution >= 4 is 12.6 Å². The topological polar surface area (TPSA) is 0 Å². The Balaban J connectivity index is 3.34. The summed E-state index contributed by atoms with van der Waals surface area (Å²) in [6, 6.07) is 0. The standard InChI is InChI=1S/C7H10S/c1-3-4-5-6-7(2)8/h3,5-6,8H,1-2,4H2. The van der Waals surface area contributed by atoms with Crippen molar-refractivity contribution in [3.8, 4) is 0 Å². The van der Waals surface area contributed by atoms with Crippen LogP contribution in [0.25, 0.3) is 0 Å². The molecule has 0 heterocycles. The molecule has 0 bridgehead atoms. The second-order valence-corrected chi connectivity index (χ2v) is 1.99. The van der Waals surface area contributed by atoms with Gasteiger partial charge in [-0.25, -0.2) is 0 Å². The third kappa shape index (κ3) is 5.57. The molecule has 0 amide bonds. The Kier molecular flexibility index (Phi) is 4.47. The van der Waals surface area contributed by atoms with Gasteiger partial charge in [0.1, 0.15) is 0 Å². The molecule has 0 aliphatic carbocycles. The Hall–Kier alpha value is -0.430. The highest BCUT2D eigenvalue weighted by atomic mass is 32.1. The summed E-state index contributed by atoms with van der Waals surface area (Å²) >= 11 is 3.96. The summed E-state index contributed by atoms with van der Waals surface area (Å²) in [5.41, 5.74) is 0. The normalized spacial score (nSPS) is 9.62. The molecular formula is C7H10S. The highest BCUT2D eigenvalue weighted by molar-refractivity contribution is 7.84. The zero-order chi connectivity index (χ0) is 6.41. The van der Waals surface area contributed by atoms with E-state index in [2.05, 4.69) is 25.8 Å². The minimum atomic E-state index is 0.784. The van der Waals surface area contributed by atoms with E-state index in [-0.39, 0.29) is 0 Å². The molecule has 0 aliphatic rings. The molecule has 0 radical (unpaired) electrons. The molecule has 0 N–H and O–H groups in total. The lowest BCUT2D eigenvalue weighted by atomic mass is 10.4.